The van der Waals surface area contributed by atoms with Crippen molar-refractivity contribution in [3.63, 3.8) is 0 Å². The molecule has 7 heteroatoms. The van der Waals surface area contributed by atoms with Crippen molar-refractivity contribution in [1.82, 2.24) is 16.0 Å². The predicted octanol–water partition coefficient (Wildman–Crippen LogP) is 3.39. The molecule has 1 atom stereocenters. The number of aliphatic hydroxyl groups excluding tert-OH is 1. The summed E-state index contributed by atoms with van der Waals surface area (Å²) in [7, 11) is 0. The van der Waals surface area contributed by atoms with E-state index in [9.17, 15) is 9.90 Å². The second-order valence-electron chi connectivity index (χ2n) is 7.30. The van der Waals surface area contributed by atoms with Gasteiger partial charge < -0.3 is 25.5 Å². The van der Waals surface area contributed by atoms with Crippen LogP contribution in [0.3, 0.4) is 0 Å². The number of nitrogens with one attached hydrogen (secondary N) is 3. The summed E-state index contributed by atoms with van der Waals surface area (Å²) in [6, 6.07) is 20.6. The topological polar surface area (TPSA) is 98.9 Å². The Balaban J connectivity index is 1.52. The fourth-order valence-corrected chi connectivity index (χ4v) is 3.17. The van der Waals surface area contributed by atoms with Gasteiger partial charge in [0.05, 0.1) is 25.5 Å². The first kappa shape index (κ1) is 23.1. The minimum Gasteiger partial charge on any atom is -0.467 e. The highest BCUT2D eigenvalue weighted by Gasteiger charge is 2.09. The summed E-state index contributed by atoms with van der Waals surface area (Å²) in [6.45, 7) is 4.08. The predicted molar refractivity (Wildman–Crippen MR) is 125 cm³/mol. The molecular formula is C25H30N4O3. The zero-order chi connectivity index (χ0) is 22.6. The van der Waals surface area contributed by atoms with E-state index >= 15 is 0 Å². The Morgan fingerprint density at radius 2 is 1.88 bits per heavy atom. The summed E-state index contributed by atoms with van der Waals surface area (Å²) in [4.78, 5) is 17.0. The fraction of sp³-hybridized carbons (Fsp3) is 0.280. The van der Waals surface area contributed by atoms with Crippen molar-refractivity contribution in [2.75, 3.05) is 13.1 Å². The Morgan fingerprint density at radius 1 is 1.03 bits per heavy atom. The van der Waals surface area contributed by atoms with Gasteiger partial charge in [0.15, 0.2) is 5.96 Å². The number of amides is 1. The third-order valence-corrected chi connectivity index (χ3v) is 4.85. The first-order chi connectivity index (χ1) is 15.7. The molecule has 7 nitrogen and oxygen atoms in total. The molecule has 1 amide bonds. The van der Waals surface area contributed by atoms with E-state index in [0.717, 1.165) is 17.7 Å². The largest absolute Gasteiger partial charge is 0.467 e. The molecule has 0 radical (unpaired) electrons. The Morgan fingerprint density at radius 3 is 2.62 bits per heavy atom. The maximum absolute atomic E-state index is 12.4. The van der Waals surface area contributed by atoms with Gasteiger partial charge >= 0.3 is 0 Å². The van der Waals surface area contributed by atoms with Crippen LogP contribution in [0.15, 0.2) is 82.4 Å². The Hall–Kier alpha value is -3.58. The molecule has 0 fully saturated rings. The van der Waals surface area contributed by atoms with Gasteiger partial charge in [-0.15, -0.1) is 0 Å². The Bertz CT molecular complexity index is 987. The molecule has 3 aromatic rings. The van der Waals surface area contributed by atoms with E-state index < -0.39 is 6.10 Å². The minimum atomic E-state index is -0.525. The number of benzene rings is 2. The van der Waals surface area contributed by atoms with Crippen LogP contribution < -0.4 is 16.0 Å². The number of rotatable bonds is 10. The molecule has 32 heavy (non-hydrogen) atoms. The van der Waals surface area contributed by atoms with Crippen LogP contribution in [-0.2, 0) is 13.1 Å². The number of guanidine groups is 1. The van der Waals surface area contributed by atoms with Crippen molar-refractivity contribution in [1.29, 1.82) is 0 Å². The smallest absolute Gasteiger partial charge is 0.251 e. The van der Waals surface area contributed by atoms with E-state index in [0.29, 0.717) is 43.3 Å². The lowest BCUT2D eigenvalue weighted by molar-refractivity contribution is 0.0948. The van der Waals surface area contributed by atoms with E-state index in [1.165, 1.54) is 0 Å². The maximum atomic E-state index is 12.4. The average Bonchev–Trinajstić information content (AvgIpc) is 3.35. The van der Waals surface area contributed by atoms with Crippen molar-refractivity contribution in [3.05, 3.63) is 95.4 Å². The van der Waals surface area contributed by atoms with Gasteiger partial charge in [0.1, 0.15) is 5.76 Å². The van der Waals surface area contributed by atoms with Crippen LogP contribution in [0, 0.1) is 0 Å². The van der Waals surface area contributed by atoms with E-state index in [2.05, 4.69) is 20.9 Å². The monoisotopic (exact) mass is 434 g/mol. The highest BCUT2D eigenvalue weighted by atomic mass is 16.3. The number of nitrogens with zero attached hydrogens (tertiary/aromatic N) is 1. The van der Waals surface area contributed by atoms with Gasteiger partial charge in [-0.1, -0.05) is 42.5 Å². The standard InChI is InChI=1S/C25H30N4O3/c1-2-26-25(27-14-13-23(30)20-9-4-3-5-10-20)29-17-19-8-6-11-21(16-19)24(31)28-18-22-12-7-15-32-22/h3-12,15-16,23,30H,2,13-14,17-18H2,1H3,(H,28,31)(H2,26,27,29). The Labute approximate surface area is 188 Å². The molecule has 4 N–H and O–H groups in total. The summed E-state index contributed by atoms with van der Waals surface area (Å²) in [6.07, 6.45) is 1.63. The molecule has 0 aliphatic heterocycles. The van der Waals surface area contributed by atoms with E-state index in [1.54, 1.807) is 18.4 Å². The van der Waals surface area contributed by atoms with E-state index in [1.807, 2.05) is 61.5 Å². The van der Waals surface area contributed by atoms with Crippen LogP contribution in [0.5, 0.6) is 0 Å². The number of furan rings is 1. The van der Waals surface area contributed by atoms with Gasteiger partial charge in [-0.2, -0.15) is 0 Å². The summed E-state index contributed by atoms with van der Waals surface area (Å²) >= 11 is 0. The van der Waals surface area contributed by atoms with Crippen LogP contribution in [0.2, 0.25) is 0 Å². The molecule has 0 aliphatic rings. The second kappa shape index (κ2) is 12.3. The third kappa shape index (κ3) is 7.28. The second-order valence-corrected chi connectivity index (χ2v) is 7.30. The van der Waals surface area contributed by atoms with Crippen molar-refractivity contribution in [3.8, 4) is 0 Å². The van der Waals surface area contributed by atoms with Gasteiger partial charge in [-0.25, -0.2) is 4.99 Å². The number of aliphatic hydroxyl groups is 1. The summed E-state index contributed by atoms with van der Waals surface area (Å²) in [5.74, 6) is 1.21. The molecule has 168 valence electrons. The number of carbonyl (C=O) groups excluding carboxylic acids is 1. The van der Waals surface area contributed by atoms with Gasteiger partial charge in [-0.3, -0.25) is 4.79 Å². The summed E-state index contributed by atoms with van der Waals surface area (Å²) in [5, 5.41) is 19.6. The highest BCUT2D eigenvalue weighted by Crippen LogP contribution is 2.15. The van der Waals surface area contributed by atoms with E-state index in [4.69, 9.17) is 4.42 Å². The number of hydrogen-bond donors (Lipinski definition) is 4. The molecule has 2 aromatic carbocycles. The molecule has 0 bridgehead atoms. The maximum Gasteiger partial charge on any atom is 0.251 e. The molecule has 1 heterocycles. The zero-order valence-electron chi connectivity index (χ0n) is 18.3. The van der Waals surface area contributed by atoms with Crippen LogP contribution in [0.4, 0.5) is 0 Å². The summed E-state index contributed by atoms with van der Waals surface area (Å²) < 4.78 is 5.24. The number of hydrogen-bond acceptors (Lipinski definition) is 4. The zero-order valence-corrected chi connectivity index (χ0v) is 18.3. The lowest BCUT2D eigenvalue weighted by Gasteiger charge is -2.14. The minimum absolute atomic E-state index is 0.160. The number of aliphatic imine (C=N–C) groups is 1. The van der Waals surface area contributed by atoms with Crippen LogP contribution in [0.1, 0.15) is 46.7 Å². The van der Waals surface area contributed by atoms with Crippen molar-refractivity contribution < 1.29 is 14.3 Å². The van der Waals surface area contributed by atoms with Gasteiger partial charge in [0, 0.05) is 18.7 Å². The quantitative estimate of drug-likeness (QED) is 0.290. The number of carbonyl (C=O) groups is 1. The molecule has 1 aromatic heterocycles. The van der Waals surface area contributed by atoms with Crippen LogP contribution in [0.25, 0.3) is 0 Å². The lowest BCUT2D eigenvalue weighted by Crippen LogP contribution is -2.38. The highest BCUT2D eigenvalue weighted by molar-refractivity contribution is 5.94. The van der Waals surface area contributed by atoms with Gasteiger partial charge in [0.25, 0.3) is 5.91 Å². The van der Waals surface area contributed by atoms with Gasteiger partial charge in [0.2, 0.25) is 0 Å². The molecule has 0 saturated heterocycles. The van der Waals surface area contributed by atoms with Crippen molar-refractivity contribution >= 4 is 11.9 Å². The Kier molecular flexibility index (Phi) is 8.89. The normalized spacial score (nSPS) is 12.2. The summed E-state index contributed by atoms with van der Waals surface area (Å²) in [5.41, 5.74) is 2.41. The molecule has 0 aliphatic carbocycles. The third-order valence-electron chi connectivity index (χ3n) is 4.85. The molecular weight excluding hydrogens is 404 g/mol. The van der Waals surface area contributed by atoms with E-state index in [-0.39, 0.29) is 5.91 Å². The molecule has 0 saturated carbocycles. The first-order valence-electron chi connectivity index (χ1n) is 10.8. The average molecular weight is 435 g/mol. The first-order valence-corrected chi connectivity index (χ1v) is 10.8. The fourth-order valence-electron chi connectivity index (χ4n) is 3.17. The molecule has 1 unspecified atom stereocenters. The van der Waals surface area contributed by atoms with Crippen molar-refractivity contribution in [2.45, 2.75) is 32.5 Å². The van der Waals surface area contributed by atoms with Crippen molar-refractivity contribution in [2.24, 2.45) is 4.99 Å². The SMILES string of the molecule is CCNC(=NCc1cccc(C(=O)NCc2ccco2)c1)NCCC(O)c1ccccc1. The van der Waals surface area contributed by atoms with Crippen LogP contribution in [-0.4, -0.2) is 30.1 Å². The van der Waals surface area contributed by atoms with Crippen LogP contribution >= 0.6 is 0 Å². The van der Waals surface area contributed by atoms with Gasteiger partial charge in [-0.05, 0) is 48.7 Å². The molecule has 0 spiro atoms. The lowest BCUT2D eigenvalue weighted by atomic mass is 10.1. The molecule has 3 rings (SSSR count).